The van der Waals surface area contributed by atoms with Crippen molar-refractivity contribution in [3.05, 3.63) is 66.0 Å². The Hall–Kier alpha value is -1.87. The summed E-state index contributed by atoms with van der Waals surface area (Å²) in [5.74, 6) is -0.259. The second-order valence-corrected chi connectivity index (χ2v) is 4.23. The van der Waals surface area contributed by atoms with E-state index in [1.54, 1.807) is 12.1 Å². The molecule has 18 heavy (non-hydrogen) atoms. The second-order valence-electron chi connectivity index (χ2n) is 4.23. The molecule has 94 valence electrons. The molecule has 2 aromatic rings. The van der Waals surface area contributed by atoms with Crippen molar-refractivity contribution in [2.75, 3.05) is 11.9 Å². The Morgan fingerprint density at radius 3 is 2.33 bits per heavy atom. The lowest BCUT2D eigenvalue weighted by molar-refractivity contribution is 0.188. The van der Waals surface area contributed by atoms with Crippen LogP contribution in [-0.4, -0.2) is 17.8 Å². The first kappa shape index (κ1) is 12.6. The van der Waals surface area contributed by atoms with E-state index in [1.807, 2.05) is 30.3 Å². The van der Waals surface area contributed by atoms with Crippen molar-refractivity contribution in [2.24, 2.45) is 0 Å². The molecule has 2 rings (SSSR count). The Morgan fingerprint density at radius 2 is 1.67 bits per heavy atom. The molecule has 0 radical (unpaired) electrons. The molecule has 0 saturated heterocycles. The molecule has 0 fully saturated rings. The van der Waals surface area contributed by atoms with Crippen LogP contribution in [0.2, 0.25) is 0 Å². The predicted octanol–water partition coefficient (Wildman–Crippen LogP) is 2.84. The lowest BCUT2D eigenvalue weighted by Gasteiger charge is -2.12. The van der Waals surface area contributed by atoms with Gasteiger partial charge < -0.3 is 10.4 Å². The molecule has 0 heterocycles. The van der Waals surface area contributed by atoms with E-state index in [9.17, 15) is 9.50 Å². The number of aliphatic hydroxyl groups is 1. The van der Waals surface area contributed by atoms with Crippen molar-refractivity contribution in [1.29, 1.82) is 0 Å². The van der Waals surface area contributed by atoms with Crippen LogP contribution in [0.5, 0.6) is 0 Å². The summed E-state index contributed by atoms with van der Waals surface area (Å²) in [7, 11) is 0. The molecule has 0 aliphatic carbocycles. The van der Waals surface area contributed by atoms with Crippen molar-refractivity contribution in [1.82, 2.24) is 0 Å². The molecule has 2 N–H and O–H groups in total. The van der Waals surface area contributed by atoms with Crippen LogP contribution in [-0.2, 0) is 6.42 Å². The number of nitrogens with one attached hydrogen (secondary N) is 1. The molecule has 0 spiro atoms. The Labute approximate surface area is 106 Å². The van der Waals surface area contributed by atoms with Gasteiger partial charge in [-0.3, -0.25) is 0 Å². The molecule has 2 aromatic carbocycles. The quantitative estimate of drug-likeness (QED) is 0.849. The van der Waals surface area contributed by atoms with E-state index in [1.165, 1.54) is 12.1 Å². The van der Waals surface area contributed by atoms with Crippen molar-refractivity contribution in [3.63, 3.8) is 0 Å². The maximum absolute atomic E-state index is 12.7. The minimum Gasteiger partial charge on any atom is -0.391 e. The van der Waals surface area contributed by atoms with Gasteiger partial charge in [-0.25, -0.2) is 4.39 Å². The fraction of sp³-hybridized carbons (Fsp3) is 0.200. The lowest BCUT2D eigenvalue weighted by atomic mass is 10.1. The van der Waals surface area contributed by atoms with Gasteiger partial charge >= 0.3 is 0 Å². The first-order chi connectivity index (χ1) is 8.74. The highest BCUT2D eigenvalue weighted by atomic mass is 19.1. The van der Waals surface area contributed by atoms with E-state index in [0.29, 0.717) is 13.0 Å². The van der Waals surface area contributed by atoms with Crippen LogP contribution in [0.15, 0.2) is 54.6 Å². The van der Waals surface area contributed by atoms with Crippen molar-refractivity contribution in [3.8, 4) is 0 Å². The fourth-order valence-corrected chi connectivity index (χ4v) is 1.76. The van der Waals surface area contributed by atoms with E-state index in [-0.39, 0.29) is 5.82 Å². The molecule has 0 aliphatic heterocycles. The van der Waals surface area contributed by atoms with Crippen LogP contribution >= 0.6 is 0 Å². The molecule has 0 aliphatic rings. The number of benzene rings is 2. The van der Waals surface area contributed by atoms with Crippen LogP contribution < -0.4 is 5.32 Å². The minimum absolute atomic E-state index is 0.259. The first-order valence-corrected chi connectivity index (χ1v) is 5.95. The number of aliphatic hydroxyl groups excluding tert-OH is 1. The van der Waals surface area contributed by atoms with Crippen LogP contribution in [0, 0.1) is 5.82 Å². The molecule has 3 heteroatoms. The van der Waals surface area contributed by atoms with Gasteiger partial charge in [0, 0.05) is 18.7 Å². The fourth-order valence-electron chi connectivity index (χ4n) is 1.76. The summed E-state index contributed by atoms with van der Waals surface area (Å²) >= 11 is 0. The van der Waals surface area contributed by atoms with Crippen molar-refractivity contribution < 1.29 is 9.50 Å². The number of anilines is 1. The van der Waals surface area contributed by atoms with E-state index in [2.05, 4.69) is 5.32 Å². The maximum Gasteiger partial charge on any atom is 0.123 e. The topological polar surface area (TPSA) is 32.3 Å². The van der Waals surface area contributed by atoms with E-state index in [4.69, 9.17) is 0 Å². The number of hydrogen-bond acceptors (Lipinski definition) is 2. The van der Waals surface area contributed by atoms with Crippen LogP contribution in [0.4, 0.5) is 10.1 Å². The Kier molecular flexibility index (Phi) is 4.31. The standard InChI is InChI=1S/C15H16FNO/c16-13-6-8-14(9-7-13)17-11-15(18)10-12-4-2-1-3-5-12/h1-9,15,17-18H,10-11H2/t15-/m0/s1. The predicted molar refractivity (Wildman–Crippen MR) is 71.0 cm³/mol. The van der Waals surface area contributed by atoms with Gasteiger partial charge in [-0.1, -0.05) is 30.3 Å². The summed E-state index contributed by atoms with van der Waals surface area (Å²) in [5, 5.41) is 13.0. The second kappa shape index (κ2) is 6.17. The molecule has 1 atom stereocenters. The van der Waals surface area contributed by atoms with Gasteiger partial charge in [-0.15, -0.1) is 0 Å². The monoisotopic (exact) mass is 245 g/mol. The number of halogens is 1. The molecule has 2 nitrogen and oxygen atoms in total. The summed E-state index contributed by atoms with van der Waals surface area (Å²) in [6, 6.07) is 15.9. The highest BCUT2D eigenvalue weighted by Gasteiger charge is 2.05. The highest BCUT2D eigenvalue weighted by Crippen LogP contribution is 2.09. The summed E-state index contributed by atoms with van der Waals surface area (Å²) in [6.45, 7) is 0.445. The van der Waals surface area contributed by atoms with Crippen LogP contribution in [0.25, 0.3) is 0 Å². The van der Waals surface area contributed by atoms with Crippen LogP contribution in [0.3, 0.4) is 0 Å². The minimum atomic E-state index is -0.461. The zero-order valence-corrected chi connectivity index (χ0v) is 10.0. The summed E-state index contributed by atoms with van der Waals surface area (Å²) < 4.78 is 12.7. The van der Waals surface area contributed by atoms with Gasteiger partial charge in [0.1, 0.15) is 5.82 Å². The smallest absolute Gasteiger partial charge is 0.123 e. The lowest BCUT2D eigenvalue weighted by Crippen LogP contribution is -2.21. The highest BCUT2D eigenvalue weighted by molar-refractivity contribution is 5.42. The molecular weight excluding hydrogens is 229 g/mol. The number of rotatable bonds is 5. The van der Waals surface area contributed by atoms with Crippen molar-refractivity contribution >= 4 is 5.69 Å². The SMILES string of the molecule is O[C@H](CNc1ccc(F)cc1)Cc1ccccc1. The zero-order chi connectivity index (χ0) is 12.8. The first-order valence-electron chi connectivity index (χ1n) is 5.95. The van der Waals surface area contributed by atoms with Gasteiger partial charge in [0.05, 0.1) is 6.10 Å². The largest absolute Gasteiger partial charge is 0.391 e. The summed E-state index contributed by atoms with van der Waals surface area (Å²) in [5.41, 5.74) is 1.91. The van der Waals surface area contributed by atoms with Gasteiger partial charge in [-0.2, -0.15) is 0 Å². The molecule has 0 bridgehead atoms. The summed E-state index contributed by atoms with van der Waals surface area (Å²) in [4.78, 5) is 0. The van der Waals surface area contributed by atoms with Crippen LogP contribution in [0.1, 0.15) is 5.56 Å². The summed E-state index contributed by atoms with van der Waals surface area (Å²) in [6.07, 6.45) is 0.145. The number of hydrogen-bond donors (Lipinski definition) is 2. The molecule has 0 saturated carbocycles. The Morgan fingerprint density at radius 1 is 1.00 bits per heavy atom. The van der Waals surface area contributed by atoms with E-state index in [0.717, 1.165) is 11.3 Å². The van der Waals surface area contributed by atoms with Gasteiger partial charge in [-0.05, 0) is 29.8 Å². The third-order valence-corrected chi connectivity index (χ3v) is 2.70. The molecule has 0 aromatic heterocycles. The maximum atomic E-state index is 12.7. The average Bonchev–Trinajstić information content (AvgIpc) is 2.39. The Bertz CT molecular complexity index is 470. The van der Waals surface area contributed by atoms with Gasteiger partial charge in [0.25, 0.3) is 0 Å². The van der Waals surface area contributed by atoms with E-state index >= 15 is 0 Å². The molecule has 0 amide bonds. The Balaban J connectivity index is 1.81. The van der Waals surface area contributed by atoms with Crippen molar-refractivity contribution in [2.45, 2.75) is 12.5 Å². The van der Waals surface area contributed by atoms with Gasteiger partial charge in [0.15, 0.2) is 0 Å². The molecular formula is C15H16FNO. The average molecular weight is 245 g/mol. The molecule has 0 unspecified atom stereocenters. The normalized spacial score (nSPS) is 12.1. The zero-order valence-electron chi connectivity index (χ0n) is 10.0. The van der Waals surface area contributed by atoms with Gasteiger partial charge in [0.2, 0.25) is 0 Å². The third kappa shape index (κ3) is 3.86. The van der Waals surface area contributed by atoms with E-state index < -0.39 is 6.10 Å². The third-order valence-electron chi connectivity index (χ3n) is 2.70.